The SMILES string of the molecule is O=C(Cc1ccccc1C(=O)O)Nc1ccn(Cc2ccc(Cl)cc2)n1. The predicted molar refractivity (Wildman–Crippen MR) is 98.5 cm³/mol. The van der Waals surface area contributed by atoms with Gasteiger partial charge in [0, 0.05) is 17.3 Å². The van der Waals surface area contributed by atoms with Gasteiger partial charge >= 0.3 is 5.97 Å². The van der Waals surface area contributed by atoms with E-state index >= 15 is 0 Å². The molecule has 0 aliphatic carbocycles. The summed E-state index contributed by atoms with van der Waals surface area (Å²) in [5, 5.41) is 16.8. The smallest absolute Gasteiger partial charge is 0.335 e. The number of nitrogens with zero attached hydrogens (tertiary/aromatic N) is 2. The molecule has 0 saturated heterocycles. The molecule has 132 valence electrons. The fourth-order valence-electron chi connectivity index (χ4n) is 2.54. The Morgan fingerprint density at radius 2 is 1.81 bits per heavy atom. The first kappa shape index (κ1) is 17.7. The lowest BCUT2D eigenvalue weighted by Crippen LogP contribution is -2.17. The fraction of sp³-hybridized carbons (Fsp3) is 0.105. The highest BCUT2D eigenvalue weighted by Gasteiger charge is 2.13. The molecule has 1 heterocycles. The Labute approximate surface area is 155 Å². The summed E-state index contributed by atoms with van der Waals surface area (Å²) in [4.78, 5) is 23.4. The summed E-state index contributed by atoms with van der Waals surface area (Å²) < 4.78 is 1.70. The summed E-state index contributed by atoms with van der Waals surface area (Å²) in [5.74, 6) is -0.965. The molecule has 2 N–H and O–H groups in total. The van der Waals surface area contributed by atoms with Crippen molar-refractivity contribution in [1.29, 1.82) is 0 Å². The quantitative estimate of drug-likeness (QED) is 0.696. The van der Waals surface area contributed by atoms with E-state index in [1.807, 2.05) is 24.3 Å². The molecule has 2 aromatic carbocycles. The van der Waals surface area contributed by atoms with Crippen molar-refractivity contribution in [3.05, 3.63) is 82.5 Å². The van der Waals surface area contributed by atoms with E-state index in [4.69, 9.17) is 11.6 Å². The number of nitrogens with one attached hydrogen (secondary N) is 1. The molecule has 1 aromatic heterocycles. The van der Waals surface area contributed by atoms with Gasteiger partial charge in [0.15, 0.2) is 5.82 Å². The number of hydrogen-bond donors (Lipinski definition) is 2. The lowest BCUT2D eigenvalue weighted by Gasteiger charge is -2.06. The standard InChI is InChI=1S/C19H16ClN3O3/c20-15-7-5-13(6-8-15)12-23-10-9-17(22-23)21-18(24)11-14-3-1-2-4-16(14)19(25)26/h1-10H,11-12H2,(H,25,26)(H,21,22,24). The zero-order chi connectivity index (χ0) is 18.5. The summed E-state index contributed by atoms with van der Waals surface area (Å²) in [6.45, 7) is 0.550. The van der Waals surface area contributed by atoms with Crippen LogP contribution in [0.25, 0.3) is 0 Å². The number of aromatic nitrogens is 2. The summed E-state index contributed by atoms with van der Waals surface area (Å²) in [7, 11) is 0. The van der Waals surface area contributed by atoms with E-state index in [2.05, 4.69) is 10.4 Å². The third kappa shape index (κ3) is 4.49. The van der Waals surface area contributed by atoms with Gasteiger partial charge in [-0.2, -0.15) is 5.10 Å². The van der Waals surface area contributed by atoms with Crippen molar-refractivity contribution in [2.24, 2.45) is 0 Å². The van der Waals surface area contributed by atoms with E-state index < -0.39 is 5.97 Å². The highest BCUT2D eigenvalue weighted by atomic mass is 35.5. The fourth-order valence-corrected chi connectivity index (χ4v) is 2.66. The zero-order valence-corrected chi connectivity index (χ0v) is 14.5. The van der Waals surface area contributed by atoms with Crippen LogP contribution in [-0.4, -0.2) is 26.8 Å². The van der Waals surface area contributed by atoms with E-state index in [0.717, 1.165) is 5.56 Å². The summed E-state index contributed by atoms with van der Waals surface area (Å²) in [6.07, 6.45) is 1.72. The van der Waals surface area contributed by atoms with Crippen LogP contribution in [0.1, 0.15) is 21.5 Å². The molecule has 3 aromatic rings. The van der Waals surface area contributed by atoms with Gasteiger partial charge in [0.25, 0.3) is 0 Å². The monoisotopic (exact) mass is 369 g/mol. The molecule has 6 nitrogen and oxygen atoms in total. The van der Waals surface area contributed by atoms with Crippen LogP contribution in [-0.2, 0) is 17.8 Å². The third-order valence-electron chi connectivity index (χ3n) is 3.76. The van der Waals surface area contributed by atoms with Crippen molar-refractivity contribution in [2.75, 3.05) is 5.32 Å². The number of carbonyl (C=O) groups is 2. The average Bonchev–Trinajstić information content (AvgIpc) is 3.04. The molecule has 0 aliphatic rings. The maximum Gasteiger partial charge on any atom is 0.335 e. The second-order valence-corrected chi connectivity index (χ2v) is 6.15. The molecule has 3 rings (SSSR count). The molecule has 26 heavy (non-hydrogen) atoms. The van der Waals surface area contributed by atoms with Crippen molar-refractivity contribution in [3.63, 3.8) is 0 Å². The van der Waals surface area contributed by atoms with Crippen molar-refractivity contribution >= 4 is 29.3 Å². The summed E-state index contributed by atoms with van der Waals surface area (Å²) >= 11 is 5.87. The van der Waals surface area contributed by atoms with Crippen LogP contribution in [0.3, 0.4) is 0 Å². The molecule has 0 aliphatic heterocycles. The highest BCUT2D eigenvalue weighted by Crippen LogP contribution is 2.13. The number of rotatable bonds is 6. The van der Waals surface area contributed by atoms with Crippen LogP contribution < -0.4 is 5.32 Å². The Morgan fingerprint density at radius 1 is 1.08 bits per heavy atom. The minimum absolute atomic E-state index is 0.0352. The minimum Gasteiger partial charge on any atom is -0.478 e. The van der Waals surface area contributed by atoms with Crippen molar-refractivity contribution in [2.45, 2.75) is 13.0 Å². The van der Waals surface area contributed by atoms with Crippen LogP contribution in [0, 0.1) is 0 Å². The molecule has 0 atom stereocenters. The van der Waals surface area contributed by atoms with Crippen molar-refractivity contribution in [3.8, 4) is 0 Å². The summed E-state index contributed by atoms with van der Waals surface area (Å²) in [5.41, 5.74) is 1.61. The van der Waals surface area contributed by atoms with Crippen molar-refractivity contribution in [1.82, 2.24) is 9.78 Å². The van der Waals surface area contributed by atoms with Crippen LogP contribution in [0.4, 0.5) is 5.82 Å². The van der Waals surface area contributed by atoms with Gasteiger partial charge in [0.05, 0.1) is 18.5 Å². The van der Waals surface area contributed by atoms with Crippen LogP contribution in [0.15, 0.2) is 60.8 Å². The van der Waals surface area contributed by atoms with Gasteiger partial charge in [-0.05, 0) is 29.3 Å². The lowest BCUT2D eigenvalue weighted by atomic mass is 10.0. The zero-order valence-electron chi connectivity index (χ0n) is 13.7. The molecule has 7 heteroatoms. The number of halogens is 1. The Balaban J connectivity index is 1.63. The number of hydrogen-bond acceptors (Lipinski definition) is 3. The first-order chi connectivity index (χ1) is 12.5. The molecular weight excluding hydrogens is 354 g/mol. The van der Waals surface area contributed by atoms with Crippen LogP contribution in [0.2, 0.25) is 5.02 Å². The Morgan fingerprint density at radius 3 is 2.54 bits per heavy atom. The molecule has 0 radical (unpaired) electrons. The van der Waals surface area contributed by atoms with Gasteiger partial charge in [0.1, 0.15) is 0 Å². The predicted octanol–water partition coefficient (Wildman–Crippen LogP) is 3.46. The van der Waals surface area contributed by atoms with Crippen molar-refractivity contribution < 1.29 is 14.7 Å². The normalized spacial score (nSPS) is 10.5. The molecular formula is C19H16ClN3O3. The van der Waals surface area contributed by atoms with E-state index in [0.29, 0.717) is 22.9 Å². The minimum atomic E-state index is -1.05. The first-order valence-electron chi connectivity index (χ1n) is 7.90. The topological polar surface area (TPSA) is 84.2 Å². The lowest BCUT2D eigenvalue weighted by molar-refractivity contribution is -0.115. The Bertz CT molecular complexity index is 935. The maximum absolute atomic E-state index is 12.2. The molecule has 0 bridgehead atoms. The van der Waals surface area contributed by atoms with Gasteiger partial charge < -0.3 is 10.4 Å². The second-order valence-electron chi connectivity index (χ2n) is 5.71. The van der Waals surface area contributed by atoms with Gasteiger partial charge in [0.2, 0.25) is 5.91 Å². The molecule has 0 unspecified atom stereocenters. The summed E-state index contributed by atoms with van der Waals surface area (Å²) in [6, 6.07) is 15.6. The van der Waals surface area contributed by atoms with E-state index in [1.54, 1.807) is 35.1 Å². The van der Waals surface area contributed by atoms with Gasteiger partial charge in [-0.25, -0.2) is 4.79 Å². The molecule has 1 amide bonds. The maximum atomic E-state index is 12.2. The second kappa shape index (κ2) is 7.84. The van der Waals surface area contributed by atoms with Gasteiger partial charge in [-0.1, -0.05) is 41.9 Å². The molecule has 0 spiro atoms. The third-order valence-corrected chi connectivity index (χ3v) is 4.02. The van der Waals surface area contributed by atoms with E-state index in [-0.39, 0.29) is 17.9 Å². The molecule has 0 saturated carbocycles. The van der Waals surface area contributed by atoms with E-state index in [1.165, 1.54) is 6.07 Å². The van der Waals surface area contributed by atoms with Gasteiger partial charge in [-0.15, -0.1) is 0 Å². The number of carboxylic acid groups (broad SMARTS) is 1. The first-order valence-corrected chi connectivity index (χ1v) is 8.28. The largest absolute Gasteiger partial charge is 0.478 e. The van der Waals surface area contributed by atoms with E-state index in [9.17, 15) is 14.7 Å². The number of aromatic carboxylic acids is 1. The van der Waals surface area contributed by atoms with Crippen LogP contribution in [0.5, 0.6) is 0 Å². The van der Waals surface area contributed by atoms with Gasteiger partial charge in [-0.3, -0.25) is 9.48 Å². The number of amides is 1. The van der Waals surface area contributed by atoms with Crippen LogP contribution >= 0.6 is 11.6 Å². The number of carbonyl (C=O) groups excluding carboxylic acids is 1. The Kier molecular flexibility index (Phi) is 5.34. The highest BCUT2D eigenvalue weighted by molar-refractivity contribution is 6.30. The number of anilines is 1. The number of carboxylic acids is 1. The number of benzene rings is 2. The molecule has 0 fully saturated rings. The average molecular weight is 370 g/mol. The Hall–Kier alpha value is -3.12.